The number of aromatic amines is 1. The summed E-state index contributed by atoms with van der Waals surface area (Å²) in [6.07, 6.45) is 2.12. The van der Waals surface area contributed by atoms with Gasteiger partial charge in [0.15, 0.2) is 0 Å². The molecule has 3 nitrogen and oxygen atoms in total. The van der Waals surface area contributed by atoms with E-state index in [-0.39, 0.29) is 6.54 Å². The van der Waals surface area contributed by atoms with Gasteiger partial charge in [-0.2, -0.15) is 8.57 Å². The molecule has 86 valence electrons. The summed E-state index contributed by atoms with van der Waals surface area (Å²) in [5, 5.41) is 0.988. The molecule has 0 aliphatic rings. The Labute approximate surface area is 92.3 Å². The van der Waals surface area contributed by atoms with Crippen LogP contribution in [0.2, 0.25) is 0 Å². The van der Waals surface area contributed by atoms with Crippen LogP contribution in [0, 0.1) is 0 Å². The minimum Gasteiger partial charge on any atom is -0.361 e. The number of H-pyrrole nitrogens is 1. The fourth-order valence-corrected chi connectivity index (χ4v) is 1.91. The van der Waals surface area contributed by atoms with Gasteiger partial charge in [-0.25, -0.2) is 0 Å². The topological polar surface area (TPSA) is 45.2 Å². The molecule has 0 saturated carbocycles. The van der Waals surface area contributed by atoms with Gasteiger partial charge in [0.25, 0.3) is 0 Å². The fraction of sp³-hybridized carbons (Fsp3) is 0.200. The van der Waals surface area contributed by atoms with Crippen molar-refractivity contribution in [1.82, 2.24) is 4.98 Å². The molecule has 0 amide bonds. The highest BCUT2D eigenvalue weighted by atomic mass is 32.3. The summed E-state index contributed by atoms with van der Waals surface area (Å²) in [6, 6.07) is 7.58. The first-order valence-corrected chi connectivity index (χ1v) is 6.05. The monoisotopic (exact) mass is 244 g/mol. The average Bonchev–Trinajstić information content (AvgIpc) is 2.60. The maximum absolute atomic E-state index is 12.0. The Hall–Kier alpha value is -1.43. The number of hydrogen-bond donors (Lipinski definition) is 1. The van der Waals surface area contributed by atoms with Gasteiger partial charge in [0.1, 0.15) is 0 Å². The summed E-state index contributed by atoms with van der Waals surface area (Å²) in [5.41, 5.74) is 1.86. The van der Waals surface area contributed by atoms with Crippen LogP contribution < -0.4 is 0 Å². The van der Waals surface area contributed by atoms with Gasteiger partial charge in [-0.15, -0.1) is 0 Å². The standard InChI is InChI=1S/C10H10F2N2OS/c11-16(12,15)14-6-5-8-7-13-10-4-2-1-3-9(8)10/h1-4,7,13H,5-6H2. The molecule has 0 atom stereocenters. The lowest BCUT2D eigenvalue weighted by atomic mass is 10.1. The SMILES string of the molecule is O=S(F)(F)=NCCc1c[nH]c2ccccc12. The molecule has 1 N–H and O–H groups in total. The lowest BCUT2D eigenvalue weighted by molar-refractivity contribution is 0.584. The number of aromatic nitrogens is 1. The molecule has 0 fully saturated rings. The maximum Gasteiger partial charge on any atom is 0.366 e. The number of rotatable bonds is 3. The van der Waals surface area contributed by atoms with Crippen molar-refractivity contribution in [1.29, 1.82) is 0 Å². The fourth-order valence-electron chi connectivity index (χ4n) is 1.61. The third-order valence-corrected chi connectivity index (χ3v) is 2.78. The third kappa shape index (κ3) is 2.57. The Morgan fingerprint density at radius 3 is 2.81 bits per heavy atom. The molecule has 2 aromatic rings. The molecule has 6 heteroatoms. The third-order valence-electron chi connectivity index (χ3n) is 2.30. The van der Waals surface area contributed by atoms with Crippen molar-refractivity contribution in [2.24, 2.45) is 4.36 Å². The Balaban J connectivity index is 2.20. The molecule has 0 spiro atoms. The smallest absolute Gasteiger partial charge is 0.361 e. The zero-order valence-corrected chi connectivity index (χ0v) is 9.14. The lowest BCUT2D eigenvalue weighted by Crippen LogP contribution is -1.90. The molecule has 1 heterocycles. The van der Waals surface area contributed by atoms with Gasteiger partial charge >= 0.3 is 10.5 Å². The van der Waals surface area contributed by atoms with E-state index in [1.807, 2.05) is 24.3 Å². The average molecular weight is 244 g/mol. The van der Waals surface area contributed by atoms with Gasteiger partial charge in [-0.3, -0.25) is 0 Å². The van der Waals surface area contributed by atoms with Crippen LogP contribution in [-0.4, -0.2) is 15.7 Å². The predicted molar refractivity (Wildman–Crippen MR) is 59.7 cm³/mol. The van der Waals surface area contributed by atoms with E-state index in [9.17, 15) is 12.0 Å². The zero-order valence-electron chi connectivity index (χ0n) is 8.32. The highest BCUT2D eigenvalue weighted by Gasteiger charge is 2.04. The van der Waals surface area contributed by atoms with Crippen LogP contribution in [0.25, 0.3) is 10.9 Å². The Morgan fingerprint density at radius 2 is 2.06 bits per heavy atom. The normalized spacial score (nSPS) is 11.9. The second-order valence-corrected chi connectivity index (χ2v) is 4.41. The van der Waals surface area contributed by atoms with Crippen LogP contribution in [0.3, 0.4) is 0 Å². The number of para-hydroxylation sites is 1. The van der Waals surface area contributed by atoms with Gasteiger partial charge in [-0.05, 0) is 18.1 Å². The van der Waals surface area contributed by atoms with Gasteiger partial charge in [0.2, 0.25) is 0 Å². The van der Waals surface area contributed by atoms with Crippen LogP contribution in [0.1, 0.15) is 5.56 Å². The van der Waals surface area contributed by atoms with E-state index >= 15 is 0 Å². The summed E-state index contributed by atoms with van der Waals surface area (Å²) < 4.78 is 36.9. The Kier molecular flexibility index (Phi) is 2.91. The number of nitrogens with zero attached hydrogens (tertiary/aromatic N) is 1. The molecule has 1 aromatic carbocycles. The first-order valence-electron chi connectivity index (χ1n) is 4.73. The second-order valence-electron chi connectivity index (χ2n) is 3.36. The van der Waals surface area contributed by atoms with E-state index in [4.69, 9.17) is 0 Å². The predicted octanol–water partition coefficient (Wildman–Crippen LogP) is 2.95. The molecule has 0 aliphatic heterocycles. The number of nitrogens with one attached hydrogen (secondary N) is 1. The van der Waals surface area contributed by atoms with Crippen molar-refractivity contribution in [2.45, 2.75) is 6.42 Å². The van der Waals surface area contributed by atoms with Gasteiger partial charge < -0.3 is 4.98 Å². The van der Waals surface area contributed by atoms with E-state index in [0.717, 1.165) is 16.5 Å². The molecule has 0 unspecified atom stereocenters. The Bertz CT molecular complexity index is 606. The Morgan fingerprint density at radius 1 is 1.31 bits per heavy atom. The van der Waals surface area contributed by atoms with E-state index in [1.165, 1.54) is 0 Å². The molecule has 16 heavy (non-hydrogen) atoms. The molecule has 0 bridgehead atoms. The summed E-state index contributed by atoms with van der Waals surface area (Å²) in [7, 11) is -4.97. The highest BCUT2D eigenvalue weighted by Crippen LogP contribution is 2.18. The van der Waals surface area contributed by atoms with Gasteiger partial charge in [-0.1, -0.05) is 26.0 Å². The maximum atomic E-state index is 12.0. The van der Waals surface area contributed by atoms with E-state index in [0.29, 0.717) is 6.42 Å². The first kappa shape index (κ1) is 11.1. The van der Waals surface area contributed by atoms with Crippen molar-refractivity contribution in [2.75, 3.05) is 6.54 Å². The number of benzene rings is 1. The second kappa shape index (κ2) is 4.21. The molecule has 0 aliphatic carbocycles. The minimum absolute atomic E-state index is 0.131. The van der Waals surface area contributed by atoms with E-state index in [2.05, 4.69) is 9.35 Å². The largest absolute Gasteiger partial charge is 0.366 e. The molecule has 2 rings (SSSR count). The number of hydrogen-bond acceptors (Lipinski definition) is 2. The first-order chi connectivity index (χ1) is 7.56. The van der Waals surface area contributed by atoms with Crippen LogP contribution in [0.5, 0.6) is 0 Å². The van der Waals surface area contributed by atoms with Crippen LogP contribution in [-0.2, 0) is 16.9 Å². The van der Waals surface area contributed by atoms with E-state index in [1.54, 1.807) is 6.20 Å². The van der Waals surface area contributed by atoms with Crippen LogP contribution >= 0.6 is 0 Å². The zero-order chi connectivity index (χ0) is 11.6. The number of fused-ring (bicyclic) bond motifs is 1. The lowest BCUT2D eigenvalue weighted by Gasteiger charge is -1.95. The molecule has 1 aromatic heterocycles. The van der Waals surface area contributed by atoms with Gasteiger partial charge in [0, 0.05) is 17.1 Å². The van der Waals surface area contributed by atoms with Crippen molar-refractivity contribution in [3.05, 3.63) is 36.0 Å². The summed E-state index contributed by atoms with van der Waals surface area (Å²) >= 11 is 0. The summed E-state index contributed by atoms with van der Waals surface area (Å²) in [4.78, 5) is 3.04. The van der Waals surface area contributed by atoms with Crippen molar-refractivity contribution in [3.8, 4) is 0 Å². The van der Waals surface area contributed by atoms with Crippen LogP contribution in [0.4, 0.5) is 7.77 Å². The molecular weight excluding hydrogens is 234 g/mol. The van der Waals surface area contributed by atoms with Crippen molar-refractivity contribution in [3.63, 3.8) is 0 Å². The quantitative estimate of drug-likeness (QED) is 0.829. The van der Waals surface area contributed by atoms with E-state index < -0.39 is 10.5 Å². The summed E-state index contributed by atoms with van der Waals surface area (Å²) in [5.74, 6) is 0. The molecule has 0 saturated heterocycles. The number of halogens is 2. The highest BCUT2D eigenvalue weighted by molar-refractivity contribution is 7.83. The van der Waals surface area contributed by atoms with Crippen molar-refractivity contribution < 1.29 is 12.0 Å². The molecular formula is C10H10F2N2OS. The molecule has 0 radical (unpaired) electrons. The summed E-state index contributed by atoms with van der Waals surface area (Å²) in [6.45, 7) is -0.131. The van der Waals surface area contributed by atoms with Gasteiger partial charge in [0.05, 0.1) is 6.54 Å². The minimum atomic E-state index is -4.97. The van der Waals surface area contributed by atoms with Crippen LogP contribution in [0.15, 0.2) is 34.8 Å². The van der Waals surface area contributed by atoms with Crippen molar-refractivity contribution >= 4 is 21.4 Å².